The van der Waals surface area contributed by atoms with Gasteiger partial charge in [-0.2, -0.15) is 0 Å². The summed E-state index contributed by atoms with van der Waals surface area (Å²) in [6.45, 7) is 9.01. The predicted octanol–water partition coefficient (Wildman–Crippen LogP) is 3.57. The summed E-state index contributed by atoms with van der Waals surface area (Å²) in [6, 6.07) is 0. The van der Waals surface area contributed by atoms with Crippen molar-refractivity contribution in [1.82, 2.24) is 9.97 Å². The minimum absolute atomic E-state index is 0.0493. The highest BCUT2D eigenvalue weighted by atomic mass is 14.8. The molecule has 0 fully saturated rings. The number of aromatic nitrogens is 2. The van der Waals surface area contributed by atoms with Gasteiger partial charge >= 0.3 is 0 Å². The molecule has 2 nitrogen and oxygen atoms in total. The Hall–Kier alpha value is -1.44. The molecule has 84 valence electrons. The van der Waals surface area contributed by atoms with Crippen LogP contribution in [0.15, 0.2) is 24.7 Å². The van der Waals surface area contributed by atoms with E-state index in [2.05, 4.69) is 62.0 Å². The van der Waals surface area contributed by atoms with Gasteiger partial charge in [-0.25, -0.2) is 9.97 Å². The van der Waals surface area contributed by atoms with E-state index in [1.165, 1.54) is 0 Å². The van der Waals surface area contributed by atoms with Crippen molar-refractivity contribution in [3.8, 4) is 0 Å². The van der Waals surface area contributed by atoms with Crippen molar-refractivity contribution >= 4 is 12.2 Å². The zero-order chi connectivity index (χ0) is 11.8. The van der Waals surface area contributed by atoms with Gasteiger partial charge in [0.25, 0.3) is 0 Å². The van der Waals surface area contributed by atoms with Gasteiger partial charge in [0.2, 0.25) is 0 Å². The molecule has 2 rings (SSSR count). The van der Waals surface area contributed by atoms with Gasteiger partial charge in [0.1, 0.15) is 6.33 Å². The van der Waals surface area contributed by atoms with Crippen molar-refractivity contribution < 1.29 is 0 Å². The zero-order valence-corrected chi connectivity index (χ0v) is 10.4. The Kier molecular flexibility index (Phi) is 2.45. The number of rotatable bonds is 0. The van der Waals surface area contributed by atoms with Crippen molar-refractivity contribution in [2.75, 3.05) is 0 Å². The summed E-state index contributed by atoms with van der Waals surface area (Å²) in [5.41, 5.74) is 2.33. The fourth-order valence-corrected chi connectivity index (χ4v) is 1.69. The molecule has 1 atom stereocenters. The number of fused-ring (bicyclic) bond motifs is 1. The molecule has 0 aliphatic heterocycles. The second-order valence-electron chi connectivity index (χ2n) is 5.56. The lowest BCUT2D eigenvalue weighted by Gasteiger charge is -2.36. The molecule has 0 N–H and O–H groups in total. The van der Waals surface area contributed by atoms with Crippen LogP contribution in [0.1, 0.15) is 39.0 Å². The van der Waals surface area contributed by atoms with Crippen LogP contribution >= 0.6 is 0 Å². The molecule has 1 aliphatic carbocycles. The molecule has 2 heteroatoms. The summed E-state index contributed by atoms with van der Waals surface area (Å²) in [5, 5.41) is 0. The van der Waals surface area contributed by atoms with Gasteiger partial charge in [-0.05, 0) is 11.5 Å². The van der Waals surface area contributed by atoms with Crippen molar-refractivity contribution in [3.05, 3.63) is 35.9 Å². The molecular weight excluding hydrogens is 196 g/mol. The van der Waals surface area contributed by atoms with Crippen LogP contribution in [0.2, 0.25) is 0 Å². The van der Waals surface area contributed by atoms with Gasteiger partial charge in [-0.15, -0.1) is 0 Å². The van der Waals surface area contributed by atoms with Crippen LogP contribution in [0.3, 0.4) is 0 Å². The Balaban J connectivity index is 2.49. The maximum atomic E-state index is 4.28. The van der Waals surface area contributed by atoms with E-state index >= 15 is 0 Å². The molecule has 0 radical (unpaired) electrons. The maximum Gasteiger partial charge on any atom is 0.116 e. The summed E-state index contributed by atoms with van der Waals surface area (Å²) >= 11 is 0. The number of hydrogen-bond donors (Lipinski definition) is 0. The topological polar surface area (TPSA) is 25.8 Å². The van der Waals surface area contributed by atoms with Crippen LogP contribution in [0, 0.1) is 10.8 Å². The van der Waals surface area contributed by atoms with E-state index in [1.807, 2.05) is 6.20 Å². The third-order valence-electron chi connectivity index (χ3n) is 3.59. The first-order chi connectivity index (χ1) is 7.42. The monoisotopic (exact) mass is 214 g/mol. The second-order valence-corrected chi connectivity index (χ2v) is 5.56. The van der Waals surface area contributed by atoms with Crippen molar-refractivity contribution in [3.63, 3.8) is 0 Å². The van der Waals surface area contributed by atoms with Crippen LogP contribution in [0.25, 0.3) is 12.2 Å². The SMILES string of the molecule is CC(C)(C)C1(C)C=Cc2cncnc2C=C1. The first-order valence-electron chi connectivity index (χ1n) is 5.61. The normalized spacial score (nSPS) is 24.0. The molecule has 0 spiro atoms. The summed E-state index contributed by atoms with van der Waals surface area (Å²) < 4.78 is 0. The van der Waals surface area contributed by atoms with Gasteiger partial charge in [0.15, 0.2) is 0 Å². The Labute approximate surface area is 97.1 Å². The lowest BCUT2D eigenvalue weighted by atomic mass is 9.68. The molecule has 1 aliphatic rings. The van der Waals surface area contributed by atoms with Crippen LogP contribution in [-0.2, 0) is 0 Å². The van der Waals surface area contributed by atoms with Crippen LogP contribution in [0.4, 0.5) is 0 Å². The minimum atomic E-state index is 0.0493. The first kappa shape index (κ1) is 11.1. The molecule has 1 heterocycles. The van der Waals surface area contributed by atoms with E-state index < -0.39 is 0 Å². The summed E-state index contributed by atoms with van der Waals surface area (Å²) in [5.74, 6) is 0. The molecule has 0 aromatic carbocycles. The van der Waals surface area contributed by atoms with Crippen molar-refractivity contribution in [1.29, 1.82) is 0 Å². The van der Waals surface area contributed by atoms with Gasteiger partial charge in [0, 0.05) is 17.2 Å². The molecule has 0 saturated heterocycles. The highest BCUT2D eigenvalue weighted by Crippen LogP contribution is 2.43. The Morgan fingerprint density at radius 3 is 2.50 bits per heavy atom. The van der Waals surface area contributed by atoms with Gasteiger partial charge in [0.05, 0.1) is 5.69 Å². The van der Waals surface area contributed by atoms with E-state index in [4.69, 9.17) is 0 Å². The van der Waals surface area contributed by atoms with E-state index in [1.54, 1.807) is 6.33 Å². The Morgan fingerprint density at radius 2 is 1.81 bits per heavy atom. The maximum absolute atomic E-state index is 4.28. The summed E-state index contributed by atoms with van der Waals surface area (Å²) in [7, 11) is 0. The highest BCUT2D eigenvalue weighted by molar-refractivity contribution is 5.65. The van der Waals surface area contributed by atoms with Crippen LogP contribution in [-0.4, -0.2) is 9.97 Å². The molecule has 1 aromatic rings. The second kappa shape index (κ2) is 3.55. The van der Waals surface area contributed by atoms with Crippen LogP contribution in [0.5, 0.6) is 0 Å². The average molecular weight is 214 g/mol. The molecule has 0 bridgehead atoms. The average Bonchev–Trinajstić information content (AvgIpc) is 2.39. The number of nitrogens with zero attached hydrogens (tertiary/aromatic N) is 2. The fourth-order valence-electron chi connectivity index (χ4n) is 1.69. The van der Waals surface area contributed by atoms with Crippen molar-refractivity contribution in [2.45, 2.75) is 27.7 Å². The van der Waals surface area contributed by atoms with E-state index in [0.29, 0.717) is 0 Å². The molecular formula is C14H18N2. The number of hydrogen-bond acceptors (Lipinski definition) is 2. The van der Waals surface area contributed by atoms with Crippen molar-refractivity contribution in [2.24, 2.45) is 10.8 Å². The molecule has 16 heavy (non-hydrogen) atoms. The smallest absolute Gasteiger partial charge is 0.116 e. The van der Waals surface area contributed by atoms with E-state index in [-0.39, 0.29) is 10.8 Å². The lowest BCUT2D eigenvalue weighted by Crippen LogP contribution is -2.28. The Morgan fingerprint density at radius 1 is 1.12 bits per heavy atom. The lowest BCUT2D eigenvalue weighted by molar-refractivity contribution is 0.230. The molecule has 1 unspecified atom stereocenters. The Bertz CT molecular complexity index is 417. The minimum Gasteiger partial charge on any atom is -0.244 e. The highest BCUT2D eigenvalue weighted by Gasteiger charge is 2.33. The molecule has 1 aromatic heterocycles. The largest absolute Gasteiger partial charge is 0.244 e. The van der Waals surface area contributed by atoms with Gasteiger partial charge < -0.3 is 0 Å². The molecule has 0 amide bonds. The standard InChI is InChI=1S/C14H18N2/c1-13(2,3)14(4)7-5-11-9-15-10-16-12(11)6-8-14/h5-10H,1-4H3. The molecule has 0 saturated carbocycles. The quantitative estimate of drug-likeness (QED) is 0.659. The zero-order valence-electron chi connectivity index (χ0n) is 10.4. The van der Waals surface area contributed by atoms with E-state index in [0.717, 1.165) is 11.3 Å². The predicted molar refractivity (Wildman–Crippen MR) is 67.7 cm³/mol. The third-order valence-corrected chi connectivity index (χ3v) is 3.59. The fraction of sp³-hybridized carbons (Fsp3) is 0.429. The number of allylic oxidation sites excluding steroid dienone is 2. The summed E-state index contributed by atoms with van der Waals surface area (Å²) in [4.78, 5) is 8.33. The van der Waals surface area contributed by atoms with E-state index in [9.17, 15) is 0 Å². The third kappa shape index (κ3) is 1.80. The van der Waals surface area contributed by atoms with Gasteiger partial charge in [-0.1, -0.05) is 45.9 Å². The summed E-state index contributed by atoms with van der Waals surface area (Å²) in [6.07, 6.45) is 12.2. The van der Waals surface area contributed by atoms with Crippen LogP contribution < -0.4 is 0 Å². The first-order valence-corrected chi connectivity index (χ1v) is 5.61. The van der Waals surface area contributed by atoms with Gasteiger partial charge in [-0.3, -0.25) is 0 Å².